The number of aliphatic hydroxyl groups excluding tert-OH is 2. The first-order valence-electron chi connectivity index (χ1n) is 7.14. The number of aliphatic hydroxyl groups is 2. The Morgan fingerprint density at radius 2 is 1.71 bits per heavy atom. The van der Waals surface area contributed by atoms with Crippen molar-refractivity contribution in [3.05, 3.63) is 12.2 Å². The van der Waals surface area contributed by atoms with Gasteiger partial charge in [0.25, 0.3) is 0 Å². The molecule has 0 fully saturated rings. The molecule has 3 unspecified atom stereocenters. The molecular formula is C14H25F2NO4. The Kier molecular flexibility index (Phi) is 11.0. The van der Waals surface area contributed by atoms with Crippen molar-refractivity contribution >= 4 is 5.97 Å². The summed E-state index contributed by atoms with van der Waals surface area (Å²) >= 11 is 0. The summed E-state index contributed by atoms with van der Waals surface area (Å²) in [6.45, 7) is 0. The Morgan fingerprint density at radius 3 is 2.29 bits per heavy atom. The normalized spacial score (nSPS) is 16.3. The number of allylic oxidation sites excluding steroid dienone is 1. The second-order valence-electron chi connectivity index (χ2n) is 5.01. The summed E-state index contributed by atoms with van der Waals surface area (Å²) < 4.78 is 23.7. The lowest BCUT2D eigenvalue weighted by Gasteiger charge is -2.19. The summed E-state index contributed by atoms with van der Waals surface area (Å²) in [5.74, 6) is -1.37. The zero-order valence-corrected chi connectivity index (χ0v) is 12.0. The van der Waals surface area contributed by atoms with Crippen LogP contribution < -0.4 is 5.73 Å². The summed E-state index contributed by atoms with van der Waals surface area (Å²) in [6, 6.07) is -1.51. The second-order valence-corrected chi connectivity index (χ2v) is 5.01. The third-order valence-corrected chi connectivity index (χ3v) is 3.13. The SMILES string of the molecule is NC(C(=O)O)C(O)C(O)C/C=C/CCCCCCC(F)F. The van der Waals surface area contributed by atoms with Crippen LogP contribution in [0.5, 0.6) is 0 Å². The summed E-state index contributed by atoms with van der Waals surface area (Å²) in [4.78, 5) is 10.5. The minimum atomic E-state index is -2.23. The zero-order chi connectivity index (χ0) is 16.3. The van der Waals surface area contributed by atoms with Gasteiger partial charge in [0.15, 0.2) is 0 Å². The van der Waals surface area contributed by atoms with Gasteiger partial charge in [-0.15, -0.1) is 0 Å². The van der Waals surface area contributed by atoms with Gasteiger partial charge < -0.3 is 21.1 Å². The lowest BCUT2D eigenvalue weighted by atomic mass is 10.0. The van der Waals surface area contributed by atoms with E-state index in [2.05, 4.69) is 0 Å². The molecule has 0 aromatic carbocycles. The van der Waals surface area contributed by atoms with E-state index in [9.17, 15) is 23.8 Å². The van der Waals surface area contributed by atoms with E-state index in [1.807, 2.05) is 6.08 Å². The molecular weight excluding hydrogens is 284 g/mol. The minimum Gasteiger partial charge on any atom is -0.480 e. The van der Waals surface area contributed by atoms with Gasteiger partial charge in [-0.2, -0.15) is 0 Å². The van der Waals surface area contributed by atoms with E-state index < -0.39 is 30.6 Å². The maximum absolute atomic E-state index is 11.9. The molecule has 0 amide bonds. The fourth-order valence-electron chi connectivity index (χ4n) is 1.79. The number of carbonyl (C=O) groups is 1. The Labute approximate surface area is 123 Å². The molecule has 0 radical (unpaired) electrons. The van der Waals surface area contributed by atoms with Crippen LogP contribution >= 0.6 is 0 Å². The topological polar surface area (TPSA) is 104 Å². The molecule has 0 aliphatic carbocycles. The van der Waals surface area contributed by atoms with E-state index in [1.54, 1.807) is 6.08 Å². The van der Waals surface area contributed by atoms with Crippen LogP contribution in [-0.4, -0.2) is 46.0 Å². The number of nitrogens with two attached hydrogens (primary N) is 1. The number of carboxylic acids is 1. The molecule has 0 aromatic rings. The summed E-state index contributed by atoms with van der Waals surface area (Å²) in [5.41, 5.74) is 5.19. The van der Waals surface area contributed by atoms with E-state index in [-0.39, 0.29) is 12.8 Å². The minimum absolute atomic E-state index is 0.0518. The number of hydrogen-bond acceptors (Lipinski definition) is 4. The lowest BCUT2D eigenvalue weighted by Crippen LogP contribution is -2.47. The number of aliphatic carboxylic acids is 1. The smallest absolute Gasteiger partial charge is 0.323 e. The lowest BCUT2D eigenvalue weighted by molar-refractivity contribution is -0.143. The van der Waals surface area contributed by atoms with Gasteiger partial charge >= 0.3 is 5.97 Å². The first-order valence-corrected chi connectivity index (χ1v) is 7.14. The van der Waals surface area contributed by atoms with Crippen LogP contribution in [0.3, 0.4) is 0 Å². The van der Waals surface area contributed by atoms with Crippen molar-refractivity contribution in [2.45, 2.75) is 69.6 Å². The first-order chi connectivity index (χ1) is 9.86. The van der Waals surface area contributed by atoms with Gasteiger partial charge in [-0.1, -0.05) is 25.0 Å². The third-order valence-electron chi connectivity index (χ3n) is 3.13. The largest absolute Gasteiger partial charge is 0.480 e. The Balaban J connectivity index is 3.65. The monoisotopic (exact) mass is 309 g/mol. The van der Waals surface area contributed by atoms with Gasteiger partial charge in [-0.05, 0) is 25.7 Å². The summed E-state index contributed by atoms with van der Waals surface area (Å²) in [7, 11) is 0. The van der Waals surface area contributed by atoms with Gasteiger partial charge in [0.1, 0.15) is 12.1 Å². The van der Waals surface area contributed by atoms with Crippen molar-refractivity contribution in [1.29, 1.82) is 0 Å². The highest BCUT2D eigenvalue weighted by Gasteiger charge is 2.27. The first kappa shape index (κ1) is 19.9. The maximum Gasteiger partial charge on any atom is 0.323 e. The quantitative estimate of drug-likeness (QED) is 0.324. The van der Waals surface area contributed by atoms with E-state index in [4.69, 9.17) is 10.8 Å². The number of unbranched alkanes of at least 4 members (excludes halogenated alkanes) is 4. The number of halogens is 2. The molecule has 0 aromatic heterocycles. The third kappa shape index (κ3) is 10.3. The Hall–Kier alpha value is -1.05. The van der Waals surface area contributed by atoms with Crippen molar-refractivity contribution < 1.29 is 28.9 Å². The van der Waals surface area contributed by atoms with Crippen molar-refractivity contribution in [3.63, 3.8) is 0 Å². The highest BCUT2D eigenvalue weighted by Crippen LogP contribution is 2.10. The fraction of sp³-hybridized carbons (Fsp3) is 0.786. The molecule has 0 spiro atoms. The number of alkyl halides is 2. The molecule has 0 saturated heterocycles. The molecule has 5 nitrogen and oxygen atoms in total. The molecule has 0 heterocycles. The predicted octanol–water partition coefficient (Wildman–Crippen LogP) is 1.67. The van der Waals surface area contributed by atoms with Crippen LogP contribution in [0.15, 0.2) is 12.2 Å². The molecule has 0 aliphatic heterocycles. The molecule has 0 saturated carbocycles. The summed E-state index contributed by atoms with van der Waals surface area (Å²) in [5, 5.41) is 27.6. The molecule has 0 bridgehead atoms. The van der Waals surface area contributed by atoms with Crippen molar-refractivity contribution in [1.82, 2.24) is 0 Å². The van der Waals surface area contributed by atoms with Crippen LogP contribution in [0.25, 0.3) is 0 Å². The molecule has 0 aliphatic rings. The number of carboxylic acid groups (broad SMARTS) is 1. The Morgan fingerprint density at radius 1 is 1.10 bits per heavy atom. The molecule has 3 atom stereocenters. The van der Waals surface area contributed by atoms with Crippen molar-refractivity contribution in [2.75, 3.05) is 0 Å². The van der Waals surface area contributed by atoms with E-state index >= 15 is 0 Å². The van der Waals surface area contributed by atoms with Crippen molar-refractivity contribution in [2.24, 2.45) is 5.73 Å². The summed E-state index contributed by atoms with van der Waals surface area (Å²) in [6.07, 6.45) is 2.36. The Bertz CT molecular complexity index is 313. The molecule has 5 N–H and O–H groups in total. The van der Waals surface area contributed by atoms with Crippen LogP contribution in [0.2, 0.25) is 0 Å². The molecule has 0 rings (SSSR count). The van der Waals surface area contributed by atoms with Crippen LogP contribution in [-0.2, 0) is 4.79 Å². The second kappa shape index (κ2) is 11.6. The fourth-order valence-corrected chi connectivity index (χ4v) is 1.79. The number of hydrogen-bond donors (Lipinski definition) is 4. The molecule has 21 heavy (non-hydrogen) atoms. The van der Waals surface area contributed by atoms with Crippen LogP contribution in [0.4, 0.5) is 8.78 Å². The van der Waals surface area contributed by atoms with Crippen LogP contribution in [0, 0.1) is 0 Å². The van der Waals surface area contributed by atoms with E-state index in [0.29, 0.717) is 6.42 Å². The number of rotatable bonds is 12. The average Bonchev–Trinajstić information content (AvgIpc) is 2.43. The van der Waals surface area contributed by atoms with Gasteiger partial charge in [0.2, 0.25) is 6.43 Å². The zero-order valence-electron chi connectivity index (χ0n) is 12.0. The van der Waals surface area contributed by atoms with Crippen molar-refractivity contribution in [3.8, 4) is 0 Å². The average molecular weight is 309 g/mol. The highest BCUT2D eigenvalue weighted by atomic mass is 19.3. The van der Waals surface area contributed by atoms with Gasteiger partial charge in [-0.3, -0.25) is 4.79 Å². The predicted molar refractivity (Wildman–Crippen MR) is 75.1 cm³/mol. The van der Waals surface area contributed by atoms with Crippen LogP contribution in [0.1, 0.15) is 44.9 Å². The molecule has 124 valence electrons. The standard InChI is InChI=1S/C14H25F2NO4/c15-11(16)9-7-5-3-1-2-4-6-8-10(18)13(19)12(17)14(20)21/h4,6,10-13,18-19H,1-3,5,7-9,17H2,(H,20,21)/b6-4+. The van der Waals surface area contributed by atoms with Gasteiger partial charge in [0, 0.05) is 6.42 Å². The van der Waals surface area contributed by atoms with E-state index in [0.717, 1.165) is 25.7 Å². The molecule has 7 heteroatoms. The highest BCUT2D eigenvalue weighted by molar-refractivity contribution is 5.74. The van der Waals surface area contributed by atoms with Gasteiger partial charge in [0.05, 0.1) is 6.10 Å². The van der Waals surface area contributed by atoms with E-state index in [1.165, 1.54) is 0 Å². The maximum atomic E-state index is 11.9. The van der Waals surface area contributed by atoms with Gasteiger partial charge in [-0.25, -0.2) is 8.78 Å².